The number of fused-ring (bicyclic) bond motifs is 2. The Morgan fingerprint density at radius 1 is 1.22 bits per heavy atom. The van der Waals surface area contributed by atoms with Crippen LogP contribution in [0.25, 0.3) is 0 Å². The highest BCUT2D eigenvalue weighted by molar-refractivity contribution is 5.85. The predicted molar refractivity (Wildman–Crippen MR) is 83.3 cm³/mol. The Balaban J connectivity index is 1.48. The van der Waals surface area contributed by atoms with Gasteiger partial charge in [-0.05, 0) is 31.7 Å². The Kier molecular flexibility index (Phi) is 3.32. The zero-order valence-electron chi connectivity index (χ0n) is 13.0. The van der Waals surface area contributed by atoms with Gasteiger partial charge in [0.1, 0.15) is 5.75 Å². The number of ether oxygens (including phenoxy) is 1. The van der Waals surface area contributed by atoms with Gasteiger partial charge < -0.3 is 14.7 Å². The molecule has 4 rings (SSSR count). The van der Waals surface area contributed by atoms with Crippen molar-refractivity contribution in [2.24, 2.45) is 11.8 Å². The first-order chi connectivity index (χ1) is 11.1. The van der Waals surface area contributed by atoms with Crippen LogP contribution in [0.2, 0.25) is 0 Å². The number of piperidine rings is 1. The molecule has 0 radical (unpaired) electrons. The van der Waals surface area contributed by atoms with E-state index in [1.54, 1.807) is 0 Å². The molecule has 3 aliphatic rings. The molecule has 2 fully saturated rings. The van der Waals surface area contributed by atoms with E-state index in [1.807, 2.05) is 23.1 Å². The fraction of sp³-hybridized carbons (Fsp3) is 0.556. The lowest BCUT2D eigenvalue weighted by Crippen LogP contribution is -2.42. The van der Waals surface area contributed by atoms with Gasteiger partial charge in [0.05, 0.1) is 12.5 Å². The molecule has 1 aromatic rings. The third-order valence-corrected chi connectivity index (χ3v) is 5.76. The zero-order valence-corrected chi connectivity index (χ0v) is 13.0. The number of hydrogen-bond acceptors (Lipinski definition) is 3. The number of carbonyl (C=O) groups excluding carboxylic acids is 1. The fourth-order valence-electron chi connectivity index (χ4n) is 4.25. The number of rotatable bonds is 2. The van der Waals surface area contributed by atoms with Gasteiger partial charge in [0.15, 0.2) is 0 Å². The molecule has 1 saturated carbocycles. The van der Waals surface area contributed by atoms with Crippen LogP contribution in [0.15, 0.2) is 24.3 Å². The van der Waals surface area contributed by atoms with Gasteiger partial charge in [0, 0.05) is 30.0 Å². The monoisotopic (exact) mass is 315 g/mol. The number of carboxylic acids is 1. The van der Waals surface area contributed by atoms with Crippen molar-refractivity contribution in [2.45, 2.75) is 31.1 Å². The van der Waals surface area contributed by atoms with E-state index >= 15 is 0 Å². The summed E-state index contributed by atoms with van der Waals surface area (Å²) >= 11 is 0. The van der Waals surface area contributed by atoms with Gasteiger partial charge in [0.25, 0.3) is 0 Å². The lowest BCUT2D eigenvalue weighted by molar-refractivity contribution is -0.146. The molecular weight excluding hydrogens is 294 g/mol. The van der Waals surface area contributed by atoms with Crippen molar-refractivity contribution < 1.29 is 19.4 Å². The van der Waals surface area contributed by atoms with Crippen molar-refractivity contribution in [1.82, 2.24) is 4.90 Å². The van der Waals surface area contributed by atoms with Gasteiger partial charge in [0.2, 0.25) is 5.91 Å². The van der Waals surface area contributed by atoms with Gasteiger partial charge in [-0.1, -0.05) is 18.2 Å². The molecule has 1 aliphatic carbocycles. The van der Waals surface area contributed by atoms with E-state index in [4.69, 9.17) is 9.84 Å². The smallest absolute Gasteiger partial charge is 0.306 e. The Bertz CT molecular complexity index is 650. The number of nitrogens with zero attached hydrogens (tertiary/aromatic N) is 1. The molecule has 1 aromatic carbocycles. The number of hydrogen-bond donors (Lipinski definition) is 1. The van der Waals surface area contributed by atoms with Gasteiger partial charge in [-0.3, -0.25) is 9.59 Å². The topological polar surface area (TPSA) is 66.8 Å². The summed E-state index contributed by atoms with van der Waals surface area (Å²) in [6, 6.07) is 8.04. The molecule has 5 nitrogen and oxygen atoms in total. The van der Waals surface area contributed by atoms with Crippen molar-refractivity contribution in [1.29, 1.82) is 0 Å². The minimum Gasteiger partial charge on any atom is -0.493 e. The summed E-state index contributed by atoms with van der Waals surface area (Å²) in [5.41, 5.74) is 1.13. The van der Waals surface area contributed by atoms with Crippen LogP contribution >= 0.6 is 0 Å². The maximum absolute atomic E-state index is 12.9. The Morgan fingerprint density at radius 3 is 2.70 bits per heavy atom. The van der Waals surface area contributed by atoms with E-state index < -0.39 is 5.97 Å². The lowest BCUT2D eigenvalue weighted by atomic mass is 9.87. The van der Waals surface area contributed by atoms with Crippen LogP contribution in [0.3, 0.4) is 0 Å². The average molecular weight is 315 g/mol. The summed E-state index contributed by atoms with van der Waals surface area (Å²) in [5, 5.41) is 9.08. The van der Waals surface area contributed by atoms with Crippen LogP contribution in [0.1, 0.15) is 31.2 Å². The first kappa shape index (κ1) is 14.5. The summed E-state index contributed by atoms with van der Waals surface area (Å²) in [7, 11) is 0. The minimum atomic E-state index is -0.738. The Morgan fingerprint density at radius 2 is 1.96 bits per heavy atom. The van der Waals surface area contributed by atoms with Crippen molar-refractivity contribution in [3.05, 3.63) is 29.8 Å². The molecule has 1 N–H and O–H groups in total. The molecule has 23 heavy (non-hydrogen) atoms. The second kappa shape index (κ2) is 5.25. The maximum Gasteiger partial charge on any atom is 0.306 e. The third kappa shape index (κ3) is 2.30. The normalized spacial score (nSPS) is 29.7. The Hall–Kier alpha value is -2.04. The SMILES string of the molecule is O=C(O)C1CCN(C(=O)C2CC23CCOc2ccccc23)CC1. The van der Waals surface area contributed by atoms with E-state index in [2.05, 4.69) is 6.07 Å². The molecule has 2 aliphatic heterocycles. The third-order valence-electron chi connectivity index (χ3n) is 5.76. The number of carboxylic acid groups (broad SMARTS) is 1. The van der Waals surface area contributed by atoms with Crippen LogP contribution in [0.4, 0.5) is 0 Å². The highest BCUT2D eigenvalue weighted by atomic mass is 16.5. The van der Waals surface area contributed by atoms with Crippen molar-refractivity contribution in [3.8, 4) is 5.75 Å². The van der Waals surface area contributed by atoms with Crippen LogP contribution in [-0.2, 0) is 15.0 Å². The Labute approximate surface area is 135 Å². The van der Waals surface area contributed by atoms with Crippen LogP contribution in [0.5, 0.6) is 5.75 Å². The van der Waals surface area contributed by atoms with Crippen molar-refractivity contribution >= 4 is 11.9 Å². The van der Waals surface area contributed by atoms with Gasteiger partial charge in [-0.25, -0.2) is 0 Å². The number of para-hydroxylation sites is 1. The predicted octanol–water partition coefficient (Wildman–Crippen LogP) is 2.05. The quantitative estimate of drug-likeness (QED) is 0.907. The van der Waals surface area contributed by atoms with Crippen LogP contribution in [0, 0.1) is 11.8 Å². The second-order valence-corrected chi connectivity index (χ2v) is 6.95. The second-order valence-electron chi connectivity index (χ2n) is 6.95. The summed E-state index contributed by atoms with van der Waals surface area (Å²) in [6.45, 7) is 1.81. The van der Waals surface area contributed by atoms with E-state index in [0.717, 1.165) is 18.6 Å². The number of aliphatic carboxylic acids is 1. The van der Waals surface area contributed by atoms with E-state index in [9.17, 15) is 9.59 Å². The van der Waals surface area contributed by atoms with Gasteiger partial charge in [-0.2, -0.15) is 0 Å². The number of likely N-dealkylation sites (tertiary alicyclic amines) is 1. The molecule has 0 bridgehead atoms. The van der Waals surface area contributed by atoms with Gasteiger partial charge >= 0.3 is 5.97 Å². The molecule has 2 atom stereocenters. The molecule has 1 amide bonds. The standard InChI is InChI=1S/C18H21NO4/c20-16(19-8-5-12(6-9-19)17(21)22)14-11-18(14)7-10-23-15-4-2-1-3-13(15)18/h1-4,12,14H,5-11H2,(H,21,22). The summed E-state index contributed by atoms with van der Waals surface area (Å²) in [5.74, 6) is 0.118. The number of carbonyl (C=O) groups is 2. The van der Waals surface area contributed by atoms with E-state index in [-0.39, 0.29) is 23.2 Å². The maximum atomic E-state index is 12.9. The van der Waals surface area contributed by atoms with E-state index in [0.29, 0.717) is 32.5 Å². The number of amides is 1. The lowest BCUT2D eigenvalue weighted by Gasteiger charge is -2.32. The van der Waals surface area contributed by atoms with Crippen LogP contribution in [-0.4, -0.2) is 41.6 Å². The van der Waals surface area contributed by atoms with Crippen molar-refractivity contribution in [3.63, 3.8) is 0 Å². The molecule has 1 spiro atoms. The number of benzene rings is 1. The van der Waals surface area contributed by atoms with Crippen LogP contribution < -0.4 is 4.74 Å². The first-order valence-corrected chi connectivity index (χ1v) is 8.36. The molecular formula is C18H21NO4. The minimum absolute atomic E-state index is 0.0360. The van der Waals surface area contributed by atoms with Crippen molar-refractivity contribution in [2.75, 3.05) is 19.7 Å². The highest BCUT2D eigenvalue weighted by Crippen LogP contribution is 2.61. The average Bonchev–Trinajstić information content (AvgIpc) is 3.29. The molecule has 122 valence electrons. The van der Waals surface area contributed by atoms with E-state index in [1.165, 1.54) is 5.56 Å². The molecule has 0 aromatic heterocycles. The molecule has 5 heteroatoms. The molecule has 2 unspecified atom stereocenters. The summed E-state index contributed by atoms with van der Waals surface area (Å²) in [4.78, 5) is 25.8. The summed E-state index contributed by atoms with van der Waals surface area (Å²) < 4.78 is 5.72. The highest BCUT2D eigenvalue weighted by Gasteiger charge is 2.61. The first-order valence-electron chi connectivity index (χ1n) is 8.36. The fourth-order valence-corrected chi connectivity index (χ4v) is 4.25. The largest absolute Gasteiger partial charge is 0.493 e. The summed E-state index contributed by atoms with van der Waals surface area (Å²) in [6.07, 6.45) is 2.93. The molecule has 2 heterocycles. The van der Waals surface area contributed by atoms with Gasteiger partial charge in [-0.15, -0.1) is 0 Å². The molecule has 1 saturated heterocycles. The zero-order chi connectivity index (χ0) is 16.0.